The molecule has 3 atom stereocenters. The number of carboxylic acids is 1. The number of benzene rings is 1. The average Bonchev–Trinajstić information content (AvgIpc) is 3.45. The van der Waals surface area contributed by atoms with Crippen LogP contribution in [0, 0.1) is 5.92 Å². The Morgan fingerprint density at radius 2 is 1.57 bits per heavy atom. The van der Waals surface area contributed by atoms with Gasteiger partial charge in [-0.1, -0.05) is 37.0 Å². The molecule has 0 unspecified atom stereocenters. The minimum Gasteiger partial charge on any atom is -0.481 e. The highest BCUT2D eigenvalue weighted by molar-refractivity contribution is 6.34. The molecule has 2 fully saturated rings. The van der Waals surface area contributed by atoms with Gasteiger partial charge in [0.25, 0.3) is 0 Å². The average molecular weight is 644 g/mol. The Balaban J connectivity index is 1.38. The van der Waals surface area contributed by atoms with Gasteiger partial charge >= 0.3 is 12.1 Å². The van der Waals surface area contributed by atoms with Crippen LogP contribution in [-0.4, -0.2) is 66.0 Å². The highest BCUT2D eigenvalue weighted by Gasteiger charge is 2.41. The number of amides is 1. The lowest BCUT2D eigenvalue weighted by molar-refractivity contribution is -0.143. The number of piperidine rings is 1. The van der Waals surface area contributed by atoms with E-state index in [1.54, 1.807) is 16.9 Å². The number of aromatic nitrogens is 4. The standard InChI is InChI=1S/C32H40Cl2N6O4/c1-4-26-13-28(14-27(5-2)40(26)32(43)44-29-8-6-21(7-9-29)30(41)42)39(18-20-10-24(33)12-25(34)11-20)31-35-15-22(16-36-31)23-17-37-38(3)19-23/h10-12,15-17,19,21,26-29H,4-9,13-14,18H2,1-3H3,(H,41,42)/t21-,26-,27+,28+,29-. The number of aliphatic carboxylic acids is 1. The summed E-state index contributed by atoms with van der Waals surface area (Å²) in [4.78, 5) is 38.7. The fraction of sp³-hybridized carbons (Fsp3) is 0.531. The number of carbonyl (C=O) groups is 2. The van der Waals surface area contributed by atoms with Crippen molar-refractivity contribution >= 4 is 41.2 Å². The summed E-state index contributed by atoms with van der Waals surface area (Å²) >= 11 is 12.8. The number of anilines is 1. The van der Waals surface area contributed by atoms with Crippen LogP contribution in [0.4, 0.5) is 10.7 Å². The number of ether oxygens (including phenoxy) is 1. The molecule has 0 spiro atoms. The van der Waals surface area contributed by atoms with Gasteiger partial charge in [-0.25, -0.2) is 14.8 Å². The molecule has 5 rings (SSSR count). The fourth-order valence-corrected chi connectivity index (χ4v) is 7.18. The van der Waals surface area contributed by atoms with Crippen molar-refractivity contribution in [3.05, 3.63) is 58.6 Å². The number of carboxylic acid groups (broad SMARTS) is 1. The summed E-state index contributed by atoms with van der Waals surface area (Å²) in [5.41, 5.74) is 2.76. The number of nitrogens with zero attached hydrogens (tertiary/aromatic N) is 6. The second-order valence-corrected chi connectivity index (χ2v) is 12.8. The van der Waals surface area contributed by atoms with E-state index in [1.165, 1.54) is 0 Å². The van der Waals surface area contributed by atoms with Crippen molar-refractivity contribution in [1.29, 1.82) is 0 Å². The van der Waals surface area contributed by atoms with E-state index in [0.29, 0.717) is 48.2 Å². The molecule has 1 saturated heterocycles. The van der Waals surface area contributed by atoms with Crippen LogP contribution in [0.3, 0.4) is 0 Å². The van der Waals surface area contributed by atoms with Crippen molar-refractivity contribution < 1.29 is 19.4 Å². The zero-order valence-electron chi connectivity index (χ0n) is 25.4. The molecule has 1 aliphatic heterocycles. The lowest BCUT2D eigenvalue weighted by Crippen LogP contribution is -2.57. The Bertz CT molecular complexity index is 1410. The molecule has 1 N–H and O–H groups in total. The van der Waals surface area contributed by atoms with E-state index >= 15 is 0 Å². The van der Waals surface area contributed by atoms with Crippen LogP contribution in [0.5, 0.6) is 0 Å². The molecule has 12 heteroatoms. The van der Waals surface area contributed by atoms with E-state index < -0.39 is 5.97 Å². The molecule has 2 aliphatic rings. The van der Waals surface area contributed by atoms with Gasteiger partial charge in [0.15, 0.2) is 0 Å². The Morgan fingerprint density at radius 3 is 2.09 bits per heavy atom. The van der Waals surface area contributed by atoms with Crippen molar-refractivity contribution in [3.63, 3.8) is 0 Å². The Labute approximate surface area is 268 Å². The predicted molar refractivity (Wildman–Crippen MR) is 170 cm³/mol. The quantitative estimate of drug-likeness (QED) is 0.266. The lowest BCUT2D eigenvalue weighted by atomic mass is 9.87. The van der Waals surface area contributed by atoms with Gasteiger partial charge < -0.3 is 19.6 Å². The highest BCUT2D eigenvalue weighted by Crippen LogP contribution is 2.35. The molecule has 1 amide bonds. The number of hydrogen-bond acceptors (Lipinski definition) is 7. The van der Waals surface area contributed by atoms with Crippen LogP contribution in [0.15, 0.2) is 43.0 Å². The third-order valence-electron chi connectivity index (χ3n) is 8.97. The SMILES string of the molecule is CC[C@@H]1C[C@H](N(Cc2cc(Cl)cc(Cl)c2)c2ncc(-c3cnn(C)c3)cn2)C[C@H](CC)N1C(=O)O[C@H]1CC[C@H](C(=O)O)CC1. The largest absolute Gasteiger partial charge is 0.481 e. The van der Waals surface area contributed by atoms with Gasteiger partial charge in [0.05, 0.1) is 12.1 Å². The van der Waals surface area contributed by atoms with Crippen molar-refractivity contribution in [3.8, 4) is 11.1 Å². The van der Waals surface area contributed by atoms with Crippen LogP contribution >= 0.6 is 23.2 Å². The maximum atomic E-state index is 13.6. The van der Waals surface area contributed by atoms with Gasteiger partial charge in [0.2, 0.25) is 5.95 Å². The number of halogens is 2. The van der Waals surface area contributed by atoms with Crippen molar-refractivity contribution in [2.75, 3.05) is 4.90 Å². The fourth-order valence-electron chi connectivity index (χ4n) is 6.61. The number of rotatable bonds is 9. The second-order valence-electron chi connectivity index (χ2n) is 11.9. The highest BCUT2D eigenvalue weighted by atomic mass is 35.5. The van der Waals surface area contributed by atoms with Crippen LogP contribution in [0.25, 0.3) is 11.1 Å². The molecule has 1 aliphatic carbocycles. The van der Waals surface area contributed by atoms with Gasteiger partial charge in [0.1, 0.15) is 6.10 Å². The molecule has 1 aromatic carbocycles. The zero-order valence-corrected chi connectivity index (χ0v) is 26.9. The van der Waals surface area contributed by atoms with Crippen molar-refractivity contribution in [2.45, 2.75) is 96.0 Å². The first-order valence-electron chi connectivity index (χ1n) is 15.4. The maximum Gasteiger partial charge on any atom is 0.410 e. The molecule has 236 valence electrons. The summed E-state index contributed by atoms with van der Waals surface area (Å²) in [6.45, 7) is 4.69. The molecular formula is C32H40Cl2N6O4. The maximum absolute atomic E-state index is 13.6. The van der Waals surface area contributed by atoms with E-state index in [9.17, 15) is 14.7 Å². The molecule has 10 nitrogen and oxygen atoms in total. The van der Waals surface area contributed by atoms with E-state index in [0.717, 1.165) is 42.4 Å². The summed E-state index contributed by atoms with van der Waals surface area (Å²) in [7, 11) is 1.87. The normalized spacial score (nSPS) is 23.8. The number of aryl methyl sites for hydroxylation is 1. The summed E-state index contributed by atoms with van der Waals surface area (Å²) in [6, 6.07) is 5.49. The third kappa shape index (κ3) is 7.46. The first-order valence-corrected chi connectivity index (χ1v) is 16.1. The van der Waals surface area contributed by atoms with Crippen molar-refractivity contribution in [2.24, 2.45) is 13.0 Å². The van der Waals surface area contributed by atoms with Gasteiger partial charge in [-0.2, -0.15) is 5.10 Å². The van der Waals surface area contributed by atoms with Crippen LogP contribution in [-0.2, 0) is 23.1 Å². The van der Waals surface area contributed by atoms with Gasteiger partial charge in [-0.05, 0) is 75.1 Å². The molecule has 3 heterocycles. The van der Waals surface area contributed by atoms with E-state index in [2.05, 4.69) is 23.8 Å². The van der Waals surface area contributed by atoms with E-state index in [-0.39, 0.29) is 36.2 Å². The second kappa shape index (κ2) is 14.2. The summed E-state index contributed by atoms with van der Waals surface area (Å²) in [5.74, 6) is -0.530. The lowest BCUT2D eigenvalue weighted by Gasteiger charge is -2.47. The zero-order chi connectivity index (χ0) is 31.4. The monoisotopic (exact) mass is 642 g/mol. The molecule has 44 heavy (non-hydrogen) atoms. The van der Waals surface area contributed by atoms with Gasteiger partial charge in [-0.15, -0.1) is 0 Å². The first kappa shape index (κ1) is 32.0. The topological polar surface area (TPSA) is 114 Å². The number of hydrogen-bond donors (Lipinski definition) is 1. The minimum absolute atomic E-state index is 0.0401. The van der Waals surface area contributed by atoms with Gasteiger partial charge in [0, 0.05) is 71.5 Å². The number of carbonyl (C=O) groups excluding carboxylic acids is 1. The molecule has 2 aromatic heterocycles. The van der Waals surface area contributed by atoms with Crippen LogP contribution in [0.2, 0.25) is 10.0 Å². The molecular weight excluding hydrogens is 603 g/mol. The van der Waals surface area contributed by atoms with Crippen molar-refractivity contribution in [1.82, 2.24) is 24.6 Å². The van der Waals surface area contributed by atoms with Crippen LogP contribution < -0.4 is 4.90 Å². The summed E-state index contributed by atoms with van der Waals surface area (Å²) in [6.07, 6.45) is 12.0. The third-order valence-corrected chi connectivity index (χ3v) is 9.41. The molecule has 3 aromatic rings. The minimum atomic E-state index is -0.769. The van der Waals surface area contributed by atoms with Crippen LogP contribution in [0.1, 0.15) is 70.8 Å². The summed E-state index contributed by atoms with van der Waals surface area (Å²) in [5, 5.41) is 14.7. The molecule has 0 radical (unpaired) electrons. The van der Waals surface area contributed by atoms with E-state index in [1.807, 2.05) is 42.7 Å². The Kier molecular flexibility index (Phi) is 10.3. The van der Waals surface area contributed by atoms with Gasteiger partial charge in [-0.3, -0.25) is 9.48 Å². The Hall–Kier alpha value is -3.37. The molecule has 1 saturated carbocycles. The predicted octanol–water partition coefficient (Wildman–Crippen LogP) is 6.99. The smallest absolute Gasteiger partial charge is 0.410 e. The Morgan fingerprint density at radius 1 is 0.955 bits per heavy atom. The molecule has 0 bridgehead atoms. The first-order chi connectivity index (χ1) is 21.1. The number of likely N-dealkylation sites (tertiary alicyclic amines) is 1. The summed E-state index contributed by atoms with van der Waals surface area (Å²) < 4.78 is 7.75. The van der Waals surface area contributed by atoms with E-state index in [4.69, 9.17) is 37.9 Å².